The van der Waals surface area contributed by atoms with E-state index in [1.807, 2.05) is 54.6 Å². The van der Waals surface area contributed by atoms with Gasteiger partial charge in [-0.05, 0) is 57.1 Å². The molecule has 1 N–H and O–H groups in total. The van der Waals surface area contributed by atoms with E-state index in [-0.39, 0.29) is 12.5 Å². The van der Waals surface area contributed by atoms with Crippen molar-refractivity contribution in [3.8, 4) is 11.5 Å². The highest BCUT2D eigenvalue weighted by molar-refractivity contribution is 9.10. The number of fused-ring (bicyclic) bond motifs is 1. The third kappa shape index (κ3) is 5.15. The van der Waals surface area contributed by atoms with Gasteiger partial charge >= 0.3 is 0 Å². The topological polar surface area (TPSA) is 59.9 Å². The van der Waals surface area contributed by atoms with Crippen LogP contribution in [-0.4, -0.2) is 25.8 Å². The van der Waals surface area contributed by atoms with E-state index in [4.69, 9.17) is 9.47 Å². The van der Waals surface area contributed by atoms with Crippen molar-refractivity contribution in [2.45, 2.75) is 19.8 Å². The summed E-state index contributed by atoms with van der Waals surface area (Å²) in [6.45, 7) is 4.12. The van der Waals surface area contributed by atoms with Gasteiger partial charge in [-0.25, -0.2) is 5.43 Å². The van der Waals surface area contributed by atoms with E-state index in [0.29, 0.717) is 11.7 Å². The normalized spacial score (nSPS) is 11.2. The number of carbonyl (C=O) groups excluding carboxylic acids is 1. The summed E-state index contributed by atoms with van der Waals surface area (Å²) in [5.41, 5.74) is 4.59. The third-order valence-corrected chi connectivity index (χ3v) is 5.13. The Morgan fingerprint density at radius 3 is 2.52 bits per heavy atom. The lowest BCUT2D eigenvalue weighted by atomic mass is 10.0. The van der Waals surface area contributed by atoms with E-state index >= 15 is 0 Å². The van der Waals surface area contributed by atoms with E-state index in [1.54, 1.807) is 13.3 Å². The highest BCUT2D eigenvalue weighted by Gasteiger charge is 2.08. The van der Waals surface area contributed by atoms with Crippen LogP contribution in [0.25, 0.3) is 10.8 Å². The molecular weight excluding hydrogens is 432 g/mol. The van der Waals surface area contributed by atoms with Crippen LogP contribution in [-0.2, 0) is 4.79 Å². The van der Waals surface area contributed by atoms with Gasteiger partial charge in [0.2, 0.25) is 0 Å². The molecule has 3 aromatic carbocycles. The highest BCUT2D eigenvalue weighted by atomic mass is 79.9. The van der Waals surface area contributed by atoms with Crippen LogP contribution in [0.5, 0.6) is 11.5 Å². The maximum Gasteiger partial charge on any atom is 0.277 e. The molecule has 0 saturated carbocycles. The van der Waals surface area contributed by atoms with E-state index in [0.717, 1.165) is 26.6 Å². The molecule has 1 amide bonds. The Kier molecular flexibility index (Phi) is 6.88. The first kappa shape index (κ1) is 20.9. The zero-order chi connectivity index (χ0) is 20.8. The van der Waals surface area contributed by atoms with E-state index in [9.17, 15) is 4.79 Å². The number of hydrazone groups is 1. The van der Waals surface area contributed by atoms with Gasteiger partial charge in [0.05, 0.1) is 17.8 Å². The van der Waals surface area contributed by atoms with Gasteiger partial charge in [0.15, 0.2) is 6.61 Å². The van der Waals surface area contributed by atoms with Gasteiger partial charge in [0, 0.05) is 10.9 Å². The number of hydrogen-bond donors (Lipinski definition) is 1. The summed E-state index contributed by atoms with van der Waals surface area (Å²) in [7, 11) is 1.64. The van der Waals surface area contributed by atoms with Gasteiger partial charge in [-0.1, -0.05) is 44.2 Å². The van der Waals surface area contributed by atoms with Crippen molar-refractivity contribution in [3.63, 3.8) is 0 Å². The first-order chi connectivity index (χ1) is 14.0. The molecule has 0 bridgehead atoms. The number of rotatable bonds is 7. The Bertz CT molecular complexity index is 1050. The molecule has 0 radical (unpaired) electrons. The monoisotopic (exact) mass is 454 g/mol. The van der Waals surface area contributed by atoms with Crippen molar-refractivity contribution in [2.75, 3.05) is 13.7 Å². The number of nitrogens with one attached hydrogen (secondary N) is 1. The van der Waals surface area contributed by atoms with Gasteiger partial charge in [0.25, 0.3) is 5.91 Å². The molecule has 5 nitrogen and oxygen atoms in total. The van der Waals surface area contributed by atoms with Crippen molar-refractivity contribution < 1.29 is 14.3 Å². The predicted molar refractivity (Wildman–Crippen MR) is 120 cm³/mol. The molecule has 0 unspecified atom stereocenters. The molecule has 3 aromatic rings. The molecule has 0 aromatic heterocycles. The Hall–Kier alpha value is -2.86. The third-order valence-electron chi connectivity index (χ3n) is 4.51. The lowest BCUT2D eigenvalue weighted by molar-refractivity contribution is -0.123. The summed E-state index contributed by atoms with van der Waals surface area (Å²) in [4.78, 5) is 12.1. The molecule has 0 atom stereocenters. The van der Waals surface area contributed by atoms with E-state index in [2.05, 4.69) is 40.3 Å². The van der Waals surface area contributed by atoms with Crippen LogP contribution in [0, 0.1) is 0 Å². The number of amides is 1. The minimum absolute atomic E-state index is 0.125. The minimum Gasteiger partial charge on any atom is -0.496 e. The largest absolute Gasteiger partial charge is 0.496 e. The van der Waals surface area contributed by atoms with Crippen LogP contribution in [0.1, 0.15) is 30.9 Å². The van der Waals surface area contributed by atoms with Crippen molar-refractivity contribution >= 4 is 38.8 Å². The number of ether oxygens (including phenoxy) is 2. The molecule has 29 heavy (non-hydrogen) atoms. The summed E-state index contributed by atoms with van der Waals surface area (Å²) >= 11 is 3.49. The fourth-order valence-electron chi connectivity index (χ4n) is 2.93. The maximum absolute atomic E-state index is 12.1. The quantitative estimate of drug-likeness (QED) is 0.391. The fraction of sp³-hybridized carbons (Fsp3) is 0.217. The number of benzene rings is 3. The van der Waals surface area contributed by atoms with Crippen molar-refractivity contribution in [1.29, 1.82) is 0 Å². The Labute approximate surface area is 178 Å². The van der Waals surface area contributed by atoms with Gasteiger partial charge in [-0.15, -0.1) is 0 Å². The molecule has 3 rings (SSSR count). The molecular formula is C23H23BrN2O3. The van der Waals surface area contributed by atoms with Gasteiger partial charge in [-0.2, -0.15) is 5.10 Å². The lowest BCUT2D eigenvalue weighted by Crippen LogP contribution is -2.24. The lowest BCUT2D eigenvalue weighted by Gasteiger charge is -2.11. The number of halogens is 1. The summed E-state index contributed by atoms with van der Waals surface area (Å²) in [6, 6.07) is 17.5. The van der Waals surface area contributed by atoms with Crippen LogP contribution in [0.2, 0.25) is 0 Å². The fourth-order valence-corrected chi connectivity index (χ4v) is 3.44. The SMILES string of the molecule is COc1ccc(C=NNC(=O)COc2ccc(C(C)C)cc2Br)c2ccccc12. The summed E-state index contributed by atoms with van der Waals surface area (Å²) in [5.74, 6) is 1.50. The van der Waals surface area contributed by atoms with E-state index in [1.165, 1.54) is 5.56 Å². The first-order valence-corrected chi connectivity index (χ1v) is 10.1. The second-order valence-corrected chi connectivity index (χ2v) is 7.68. The zero-order valence-corrected chi connectivity index (χ0v) is 18.2. The molecule has 0 aliphatic carbocycles. The number of methoxy groups -OCH3 is 1. The van der Waals surface area contributed by atoms with Crippen LogP contribution in [0.3, 0.4) is 0 Å². The Morgan fingerprint density at radius 2 is 1.83 bits per heavy atom. The molecule has 0 aliphatic rings. The average Bonchev–Trinajstić information content (AvgIpc) is 2.72. The van der Waals surface area contributed by atoms with Crippen LogP contribution in [0.4, 0.5) is 0 Å². The summed E-state index contributed by atoms with van der Waals surface area (Å²) < 4.78 is 11.8. The Morgan fingerprint density at radius 1 is 1.10 bits per heavy atom. The molecule has 0 spiro atoms. The van der Waals surface area contributed by atoms with Crippen LogP contribution < -0.4 is 14.9 Å². The van der Waals surface area contributed by atoms with Crippen molar-refractivity contribution in [2.24, 2.45) is 5.10 Å². The Balaban J connectivity index is 1.61. The second-order valence-electron chi connectivity index (χ2n) is 6.83. The van der Waals surface area contributed by atoms with Crippen molar-refractivity contribution in [3.05, 3.63) is 70.2 Å². The first-order valence-electron chi connectivity index (χ1n) is 9.29. The number of hydrogen-bond acceptors (Lipinski definition) is 4. The molecule has 0 heterocycles. The average molecular weight is 455 g/mol. The molecule has 0 aliphatic heterocycles. The smallest absolute Gasteiger partial charge is 0.277 e. The second kappa shape index (κ2) is 9.56. The number of nitrogens with zero attached hydrogens (tertiary/aromatic N) is 1. The van der Waals surface area contributed by atoms with Gasteiger partial charge in [-0.3, -0.25) is 4.79 Å². The van der Waals surface area contributed by atoms with Gasteiger partial charge in [0.1, 0.15) is 11.5 Å². The van der Waals surface area contributed by atoms with Gasteiger partial charge < -0.3 is 9.47 Å². The summed E-state index contributed by atoms with van der Waals surface area (Å²) in [6.07, 6.45) is 1.62. The van der Waals surface area contributed by atoms with Crippen LogP contribution >= 0.6 is 15.9 Å². The maximum atomic E-state index is 12.1. The molecule has 0 fully saturated rings. The minimum atomic E-state index is -0.334. The number of carbonyl (C=O) groups is 1. The predicted octanol–water partition coefficient (Wildman–Crippen LogP) is 5.26. The summed E-state index contributed by atoms with van der Waals surface area (Å²) in [5, 5.41) is 6.05. The highest BCUT2D eigenvalue weighted by Crippen LogP contribution is 2.29. The van der Waals surface area contributed by atoms with Crippen molar-refractivity contribution in [1.82, 2.24) is 5.43 Å². The van der Waals surface area contributed by atoms with E-state index < -0.39 is 0 Å². The molecule has 150 valence electrons. The zero-order valence-electron chi connectivity index (χ0n) is 16.6. The van der Waals surface area contributed by atoms with Crippen LogP contribution in [0.15, 0.2) is 64.2 Å². The molecule has 6 heteroatoms. The standard InChI is InChI=1S/C23H23BrN2O3/c1-15(2)16-8-11-22(20(24)12-16)29-14-23(27)26-25-13-17-9-10-21(28-3)19-7-5-4-6-18(17)19/h4-13,15H,14H2,1-3H3,(H,26,27). The molecule has 0 saturated heterocycles.